The maximum absolute atomic E-state index is 13.1. The lowest BCUT2D eigenvalue weighted by Gasteiger charge is -2.23. The van der Waals surface area contributed by atoms with E-state index in [-0.39, 0.29) is 10.9 Å². The first-order chi connectivity index (χ1) is 14.9. The lowest BCUT2D eigenvalue weighted by Crippen LogP contribution is -2.38. The minimum Gasteiger partial charge on any atom is -0.302 e. The van der Waals surface area contributed by atoms with Crippen LogP contribution in [0.25, 0.3) is 16.3 Å². The zero-order chi connectivity index (χ0) is 22.4. The van der Waals surface area contributed by atoms with Gasteiger partial charge >= 0.3 is 5.00 Å². The van der Waals surface area contributed by atoms with Crippen molar-refractivity contribution in [1.82, 2.24) is 9.88 Å². The highest BCUT2D eigenvalue weighted by molar-refractivity contribution is 7.22. The second-order valence-electron chi connectivity index (χ2n) is 6.94. The first kappa shape index (κ1) is 23.1. The Hall–Kier alpha value is -2.62. The monoisotopic (exact) mass is 458 g/mol. The summed E-state index contributed by atoms with van der Waals surface area (Å²) in [4.78, 5) is 32.9. The predicted molar refractivity (Wildman–Crippen MR) is 129 cm³/mol. The van der Waals surface area contributed by atoms with E-state index in [1.54, 1.807) is 17.0 Å². The van der Waals surface area contributed by atoms with E-state index in [2.05, 4.69) is 37.8 Å². The van der Waals surface area contributed by atoms with Crippen LogP contribution in [0, 0.1) is 10.1 Å². The van der Waals surface area contributed by atoms with Crippen molar-refractivity contribution in [1.29, 1.82) is 0 Å². The van der Waals surface area contributed by atoms with Gasteiger partial charge < -0.3 is 4.90 Å². The summed E-state index contributed by atoms with van der Waals surface area (Å²) in [6, 6.07) is 9.30. The average molecular weight is 459 g/mol. The number of thiophene rings is 1. The van der Waals surface area contributed by atoms with Crippen LogP contribution >= 0.6 is 22.7 Å². The molecule has 0 aliphatic carbocycles. The molecule has 0 saturated heterocycles. The molecule has 1 amide bonds. The number of nitro groups is 1. The van der Waals surface area contributed by atoms with Crippen LogP contribution in [0.15, 0.2) is 36.4 Å². The number of hydrogen-bond donors (Lipinski definition) is 0. The van der Waals surface area contributed by atoms with E-state index < -0.39 is 4.92 Å². The molecule has 164 valence electrons. The number of nitrogens with zero attached hydrogens (tertiary/aromatic N) is 4. The Morgan fingerprint density at radius 3 is 2.55 bits per heavy atom. The number of aromatic nitrogens is 1. The first-order valence-electron chi connectivity index (χ1n) is 10.3. The van der Waals surface area contributed by atoms with Crippen LogP contribution in [0.4, 0.5) is 10.1 Å². The van der Waals surface area contributed by atoms with Crippen molar-refractivity contribution in [2.75, 3.05) is 31.1 Å². The minimum atomic E-state index is -0.425. The van der Waals surface area contributed by atoms with Crippen LogP contribution in [0.1, 0.15) is 31.2 Å². The highest BCUT2D eigenvalue weighted by atomic mass is 32.1. The van der Waals surface area contributed by atoms with Crippen molar-refractivity contribution in [2.24, 2.45) is 0 Å². The summed E-state index contributed by atoms with van der Waals surface area (Å²) >= 11 is 2.56. The number of anilines is 1. The summed E-state index contributed by atoms with van der Waals surface area (Å²) in [7, 11) is 0. The Balaban J connectivity index is 1.86. The fourth-order valence-corrected chi connectivity index (χ4v) is 4.93. The third kappa shape index (κ3) is 5.75. The van der Waals surface area contributed by atoms with Crippen molar-refractivity contribution < 1.29 is 9.72 Å². The van der Waals surface area contributed by atoms with Gasteiger partial charge in [-0.1, -0.05) is 49.5 Å². The molecule has 3 rings (SSSR count). The number of carbonyl (C=O) groups is 1. The molecule has 0 radical (unpaired) electrons. The summed E-state index contributed by atoms with van der Waals surface area (Å²) in [5.41, 5.74) is 2.12. The van der Waals surface area contributed by atoms with Crippen molar-refractivity contribution in [2.45, 2.75) is 27.2 Å². The second-order valence-corrected chi connectivity index (χ2v) is 9.04. The topological polar surface area (TPSA) is 79.6 Å². The Bertz CT molecular complexity index is 1090. The van der Waals surface area contributed by atoms with Crippen molar-refractivity contribution >= 4 is 55.0 Å². The van der Waals surface area contributed by atoms with E-state index in [4.69, 9.17) is 4.98 Å². The van der Waals surface area contributed by atoms with Crippen molar-refractivity contribution in [3.8, 4) is 0 Å². The molecule has 0 unspecified atom stereocenters. The van der Waals surface area contributed by atoms with Crippen LogP contribution in [0.3, 0.4) is 0 Å². The number of amides is 1. The first-order valence-corrected chi connectivity index (χ1v) is 11.9. The lowest BCUT2D eigenvalue weighted by atomic mass is 10.2. The zero-order valence-corrected chi connectivity index (χ0v) is 19.5. The Morgan fingerprint density at radius 2 is 1.90 bits per heavy atom. The summed E-state index contributed by atoms with van der Waals surface area (Å²) in [6.07, 6.45) is 4.05. The fraction of sp³-hybridized carbons (Fsp3) is 0.364. The molecule has 7 nitrogen and oxygen atoms in total. The number of thiazole rings is 1. The highest BCUT2D eigenvalue weighted by Crippen LogP contribution is 2.30. The van der Waals surface area contributed by atoms with Crippen LogP contribution in [0.2, 0.25) is 0 Å². The third-order valence-electron chi connectivity index (χ3n) is 5.06. The quantitative estimate of drug-likeness (QED) is 0.236. The molecule has 2 aromatic heterocycles. The van der Waals surface area contributed by atoms with Gasteiger partial charge in [0.15, 0.2) is 5.13 Å². The molecular weight excluding hydrogens is 432 g/mol. The largest absolute Gasteiger partial charge is 0.324 e. The van der Waals surface area contributed by atoms with Gasteiger partial charge in [0, 0.05) is 30.1 Å². The Morgan fingerprint density at radius 1 is 1.13 bits per heavy atom. The zero-order valence-electron chi connectivity index (χ0n) is 17.9. The van der Waals surface area contributed by atoms with E-state index in [1.807, 2.05) is 6.07 Å². The number of rotatable bonds is 10. The highest BCUT2D eigenvalue weighted by Gasteiger charge is 2.19. The molecule has 9 heteroatoms. The van der Waals surface area contributed by atoms with Crippen LogP contribution in [0.5, 0.6) is 0 Å². The smallest absolute Gasteiger partial charge is 0.302 e. The number of likely N-dealkylation sites (N-methyl/N-ethyl adjacent to an activating group) is 1. The molecule has 31 heavy (non-hydrogen) atoms. The van der Waals surface area contributed by atoms with Gasteiger partial charge in [0.25, 0.3) is 5.91 Å². The summed E-state index contributed by atoms with van der Waals surface area (Å²) in [5.74, 6) is -0.182. The molecule has 1 aromatic carbocycles. The van der Waals surface area contributed by atoms with Gasteiger partial charge in [-0.2, -0.15) is 0 Å². The molecule has 0 aliphatic heterocycles. The normalized spacial score (nSPS) is 11.6. The number of aryl methyl sites for hydroxylation is 1. The summed E-state index contributed by atoms with van der Waals surface area (Å²) < 4.78 is 1.06. The molecule has 0 saturated carbocycles. The number of benzene rings is 1. The molecule has 0 atom stereocenters. The van der Waals surface area contributed by atoms with E-state index in [0.29, 0.717) is 16.6 Å². The number of carbonyl (C=O) groups excluding carboxylic acids is 1. The summed E-state index contributed by atoms with van der Waals surface area (Å²) in [5, 5.41) is 11.6. The average Bonchev–Trinajstić information content (AvgIpc) is 3.41. The summed E-state index contributed by atoms with van der Waals surface area (Å²) in [6.45, 7) is 9.40. The van der Waals surface area contributed by atoms with Crippen molar-refractivity contribution in [3.05, 3.63) is 57.0 Å². The van der Waals surface area contributed by atoms with Gasteiger partial charge in [-0.25, -0.2) is 4.98 Å². The molecule has 0 bridgehead atoms. The van der Waals surface area contributed by atoms with Crippen molar-refractivity contribution in [3.63, 3.8) is 0 Å². The molecular formula is C22H26N4O3S2. The predicted octanol–water partition coefficient (Wildman–Crippen LogP) is 5.22. The van der Waals surface area contributed by atoms with Gasteiger partial charge in [0.1, 0.15) is 0 Å². The van der Waals surface area contributed by atoms with Gasteiger partial charge in [0.2, 0.25) is 0 Å². The lowest BCUT2D eigenvalue weighted by molar-refractivity contribution is -0.380. The van der Waals surface area contributed by atoms with Gasteiger partial charge in [-0.15, -0.1) is 0 Å². The molecule has 0 fully saturated rings. The number of fused-ring (bicyclic) bond motifs is 1. The van der Waals surface area contributed by atoms with Crippen LogP contribution < -0.4 is 4.90 Å². The van der Waals surface area contributed by atoms with E-state index >= 15 is 0 Å². The standard InChI is InChI=1S/C22H26N4O3S2/c1-4-16-7-10-18-19(15-16)31-22(23-18)25(14-13-24(5-2)6-3)20(27)11-8-17-9-12-21(30-17)26(28)29/h7-12,15H,4-6,13-14H2,1-3H3/b11-8+. The minimum absolute atomic E-state index is 0.0587. The van der Waals surface area contributed by atoms with E-state index in [9.17, 15) is 14.9 Å². The Labute approximate surface area is 189 Å². The van der Waals surface area contributed by atoms with Gasteiger partial charge in [-0.05, 0) is 49.3 Å². The number of hydrogen-bond acceptors (Lipinski definition) is 7. The van der Waals surface area contributed by atoms with E-state index in [0.717, 1.165) is 47.6 Å². The molecule has 3 aromatic rings. The van der Waals surface area contributed by atoms with Crippen LogP contribution in [-0.2, 0) is 11.2 Å². The van der Waals surface area contributed by atoms with Crippen LogP contribution in [-0.4, -0.2) is 46.9 Å². The molecule has 0 aliphatic rings. The fourth-order valence-electron chi connectivity index (χ4n) is 3.15. The maximum Gasteiger partial charge on any atom is 0.324 e. The van der Waals surface area contributed by atoms with E-state index in [1.165, 1.54) is 29.0 Å². The molecule has 0 spiro atoms. The third-order valence-corrected chi connectivity index (χ3v) is 7.11. The molecule has 0 N–H and O–H groups in total. The SMILES string of the molecule is CCc1ccc2nc(N(CCN(CC)CC)C(=O)/C=C/c3ccc([N+](=O)[O-])s3)sc2c1. The Kier molecular flexibility index (Phi) is 7.89. The molecule has 2 heterocycles. The van der Waals surface area contributed by atoms with Gasteiger partial charge in [-0.3, -0.25) is 19.8 Å². The maximum atomic E-state index is 13.1. The second kappa shape index (κ2) is 10.6. The van der Waals surface area contributed by atoms with Gasteiger partial charge in [0.05, 0.1) is 15.1 Å².